The highest BCUT2D eigenvalue weighted by atomic mass is 16.5. The number of ether oxygens (including phenoxy) is 1. The highest BCUT2D eigenvalue weighted by Gasteiger charge is 2.28. The van der Waals surface area contributed by atoms with Crippen molar-refractivity contribution < 1.29 is 9.53 Å². The molecule has 1 fully saturated rings. The van der Waals surface area contributed by atoms with E-state index in [1.54, 1.807) is 63.0 Å². The quantitative estimate of drug-likeness (QED) is 0.462. The number of rotatable bonds is 5. The molecule has 0 aliphatic carbocycles. The number of benzene rings is 1. The van der Waals surface area contributed by atoms with Gasteiger partial charge in [-0.1, -0.05) is 6.58 Å². The molecule has 1 aliphatic heterocycles. The fraction of sp³-hybridized carbons (Fsp3) is 0.200. The molecule has 3 aromatic heterocycles. The van der Waals surface area contributed by atoms with Crippen molar-refractivity contribution >= 4 is 22.8 Å². The smallest absolute Gasteiger partial charge is 0.334 e. The minimum Gasteiger partial charge on any atom is -0.457 e. The Morgan fingerprint density at radius 1 is 1.09 bits per heavy atom. The Hall–Kier alpha value is -4.40. The number of aromatic nitrogens is 4. The molecule has 0 bridgehead atoms. The zero-order valence-electron chi connectivity index (χ0n) is 18.5. The number of carbonyl (C=O) groups excluding carboxylic acids is 1. The summed E-state index contributed by atoms with van der Waals surface area (Å²) in [5.74, 6) is 1.43. The second kappa shape index (κ2) is 8.86. The van der Waals surface area contributed by atoms with Crippen LogP contribution in [0.3, 0.4) is 0 Å². The molecule has 1 aromatic carbocycles. The number of nitrogens with two attached hydrogens (primary N) is 1. The van der Waals surface area contributed by atoms with Crippen LogP contribution < -0.4 is 16.2 Å². The minimum atomic E-state index is -0.226. The highest BCUT2D eigenvalue weighted by Crippen LogP contribution is 2.29. The fourth-order valence-corrected chi connectivity index (χ4v) is 4.48. The second-order valence-electron chi connectivity index (χ2n) is 8.12. The molecule has 9 nitrogen and oxygen atoms in total. The van der Waals surface area contributed by atoms with E-state index in [1.807, 2.05) is 12.1 Å². The fourth-order valence-electron chi connectivity index (χ4n) is 4.48. The van der Waals surface area contributed by atoms with Crippen LogP contribution in [0.4, 0.5) is 5.82 Å². The maximum absolute atomic E-state index is 13.7. The third kappa shape index (κ3) is 3.81. The van der Waals surface area contributed by atoms with Crippen molar-refractivity contribution in [3.63, 3.8) is 0 Å². The largest absolute Gasteiger partial charge is 0.457 e. The molecular weight excluding hydrogens is 432 g/mol. The number of hydrogen-bond donors (Lipinski definition) is 1. The molecule has 1 amide bonds. The first-order valence-electron chi connectivity index (χ1n) is 11.0. The zero-order chi connectivity index (χ0) is 23.7. The van der Waals surface area contributed by atoms with Crippen LogP contribution in [0.2, 0.25) is 0 Å². The SMILES string of the molecule is C=CC(=O)N1CCC[C@@H](n2c(=O)n(-c3ccc(Oc4ccncc4)cc3)c3c(N)nccc32)C1. The van der Waals surface area contributed by atoms with Crippen molar-refractivity contribution in [1.82, 2.24) is 24.0 Å². The standard InChI is InChI=1S/C25H24N6O3/c1-2-22(32)29-15-3-4-18(16-29)30-21-11-14-28-24(26)23(21)31(25(30)33)17-5-7-19(8-6-17)34-20-9-12-27-13-10-20/h2,5-14,18H,1,3-4,15-16H2,(H2,26,28)/t18-/m1/s1. The molecule has 0 saturated carbocycles. The summed E-state index contributed by atoms with van der Waals surface area (Å²) in [5.41, 5.74) is 7.89. The number of nitrogens with zero attached hydrogens (tertiary/aromatic N) is 5. The summed E-state index contributed by atoms with van der Waals surface area (Å²) in [6.45, 7) is 4.67. The molecule has 172 valence electrons. The Morgan fingerprint density at radius 2 is 1.82 bits per heavy atom. The number of likely N-dealkylation sites (tertiary alicyclic amines) is 1. The van der Waals surface area contributed by atoms with Gasteiger partial charge in [0, 0.05) is 31.7 Å². The molecule has 5 rings (SSSR count). The van der Waals surface area contributed by atoms with Gasteiger partial charge in [-0.3, -0.25) is 18.9 Å². The van der Waals surface area contributed by atoms with Gasteiger partial charge in [0.05, 0.1) is 17.2 Å². The van der Waals surface area contributed by atoms with E-state index in [0.717, 1.165) is 12.8 Å². The molecular formula is C25H24N6O3. The third-order valence-electron chi connectivity index (χ3n) is 6.04. The first-order valence-corrected chi connectivity index (χ1v) is 11.0. The lowest BCUT2D eigenvalue weighted by molar-refractivity contribution is -0.127. The maximum atomic E-state index is 13.7. The van der Waals surface area contributed by atoms with Gasteiger partial charge in [-0.15, -0.1) is 0 Å². The summed E-state index contributed by atoms with van der Waals surface area (Å²) in [7, 11) is 0. The van der Waals surface area contributed by atoms with Crippen molar-refractivity contribution in [1.29, 1.82) is 0 Å². The Labute approximate surface area is 195 Å². The van der Waals surface area contributed by atoms with Crippen LogP contribution in [0.25, 0.3) is 16.7 Å². The molecule has 9 heteroatoms. The summed E-state index contributed by atoms with van der Waals surface area (Å²) in [6.07, 6.45) is 7.79. The first kappa shape index (κ1) is 21.4. The van der Waals surface area contributed by atoms with Gasteiger partial charge in [0.15, 0.2) is 0 Å². The van der Waals surface area contributed by atoms with Gasteiger partial charge < -0.3 is 15.4 Å². The highest BCUT2D eigenvalue weighted by molar-refractivity contribution is 5.88. The number of carbonyl (C=O) groups is 1. The molecule has 2 N–H and O–H groups in total. The summed E-state index contributed by atoms with van der Waals surface area (Å²) in [5, 5.41) is 0. The maximum Gasteiger partial charge on any atom is 0.334 e. The molecule has 0 unspecified atom stereocenters. The van der Waals surface area contributed by atoms with Crippen LogP contribution in [-0.4, -0.2) is 43.0 Å². The lowest BCUT2D eigenvalue weighted by Gasteiger charge is -2.32. The van der Waals surface area contributed by atoms with Crippen LogP contribution in [0.15, 0.2) is 78.5 Å². The number of pyridine rings is 2. The van der Waals surface area contributed by atoms with Gasteiger partial charge in [-0.2, -0.15) is 0 Å². The van der Waals surface area contributed by atoms with E-state index in [9.17, 15) is 9.59 Å². The number of hydrogen-bond acceptors (Lipinski definition) is 6. The molecule has 1 saturated heterocycles. The molecule has 4 heterocycles. The van der Waals surface area contributed by atoms with Gasteiger partial charge in [0.25, 0.3) is 0 Å². The number of piperidine rings is 1. The number of imidazole rings is 1. The zero-order valence-corrected chi connectivity index (χ0v) is 18.5. The Balaban J connectivity index is 1.56. The van der Waals surface area contributed by atoms with Crippen molar-refractivity contribution in [3.05, 3.63) is 84.2 Å². The van der Waals surface area contributed by atoms with Crippen LogP contribution >= 0.6 is 0 Å². The number of nitrogen functional groups attached to an aromatic ring is 1. The van der Waals surface area contributed by atoms with Crippen LogP contribution in [0.1, 0.15) is 18.9 Å². The summed E-state index contributed by atoms with van der Waals surface area (Å²) in [4.78, 5) is 35.9. The molecule has 34 heavy (non-hydrogen) atoms. The predicted octanol–water partition coefficient (Wildman–Crippen LogP) is 3.31. The summed E-state index contributed by atoms with van der Waals surface area (Å²) in [6, 6.07) is 12.4. The Kier molecular flexibility index (Phi) is 5.59. The molecule has 1 atom stereocenters. The van der Waals surface area contributed by atoms with E-state index in [-0.39, 0.29) is 23.5 Å². The normalized spacial score (nSPS) is 15.9. The van der Waals surface area contributed by atoms with Crippen LogP contribution in [0, 0.1) is 0 Å². The lowest BCUT2D eigenvalue weighted by atomic mass is 10.1. The first-order chi connectivity index (χ1) is 16.6. The van der Waals surface area contributed by atoms with Gasteiger partial charge in [0.1, 0.15) is 22.8 Å². The summed E-state index contributed by atoms with van der Waals surface area (Å²) < 4.78 is 9.15. The minimum absolute atomic E-state index is 0.132. The molecule has 0 radical (unpaired) electrons. The van der Waals surface area contributed by atoms with Gasteiger partial charge in [-0.25, -0.2) is 9.78 Å². The topological polar surface area (TPSA) is 108 Å². The summed E-state index contributed by atoms with van der Waals surface area (Å²) >= 11 is 0. The van der Waals surface area contributed by atoms with Crippen molar-refractivity contribution in [2.75, 3.05) is 18.8 Å². The molecule has 1 aliphatic rings. The number of amides is 1. The average Bonchev–Trinajstić information content (AvgIpc) is 3.17. The lowest BCUT2D eigenvalue weighted by Crippen LogP contribution is -2.42. The Morgan fingerprint density at radius 3 is 2.56 bits per heavy atom. The van der Waals surface area contributed by atoms with Gasteiger partial charge in [-0.05, 0) is 61.4 Å². The Bertz CT molecular complexity index is 1410. The van der Waals surface area contributed by atoms with E-state index in [2.05, 4.69) is 16.5 Å². The van der Waals surface area contributed by atoms with Crippen molar-refractivity contribution in [3.8, 4) is 17.2 Å². The number of anilines is 1. The van der Waals surface area contributed by atoms with Crippen LogP contribution in [-0.2, 0) is 4.79 Å². The second-order valence-corrected chi connectivity index (χ2v) is 8.12. The number of fused-ring (bicyclic) bond motifs is 1. The van der Waals surface area contributed by atoms with Gasteiger partial charge in [0.2, 0.25) is 5.91 Å². The van der Waals surface area contributed by atoms with E-state index in [1.165, 1.54) is 6.08 Å². The van der Waals surface area contributed by atoms with Crippen LogP contribution in [0.5, 0.6) is 11.5 Å². The van der Waals surface area contributed by atoms with E-state index < -0.39 is 0 Å². The van der Waals surface area contributed by atoms with Gasteiger partial charge >= 0.3 is 5.69 Å². The van der Waals surface area contributed by atoms with Crippen molar-refractivity contribution in [2.45, 2.75) is 18.9 Å². The third-order valence-corrected chi connectivity index (χ3v) is 6.04. The van der Waals surface area contributed by atoms with E-state index in [0.29, 0.717) is 41.3 Å². The van der Waals surface area contributed by atoms with E-state index in [4.69, 9.17) is 10.5 Å². The molecule has 4 aromatic rings. The average molecular weight is 457 g/mol. The van der Waals surface area contributed by atoms with E-state index >= 15 is 0 Å². The predicted molar refractivity (Wildman–Crippen MR) is 129 cm³/mol. The van der Waals surface area contributed by atoms with Crippen molar-refractivity contribution in [2.24, 2.45) is 0 Å². The monoisotopic (exact) mass is 456 g/mol. The molecule has 0 spiro atoms.